The van der Waals surface area contributed by atoms with E-state index >= 15 is 0 Å². The fourth-order valence-corrected chi connectivity index (χ4v) is 1.65. The number of hydrogen-bond donors (Lipinski definition) is 1. The van der Waals surface area contributed by atoms with Crippen LogP contribution in [0.25, 0.3) is 0 Å². The Bertz CT molecular complexity index is 451. The third kappa shape index (κ3) is 1.42. The number of ether oxygens (including phenoxy) is 1. The molecule has 15 heavy (non-hydrogen) atoms. The quantitative estimate of drug-likeness (QED) is 0.706. The summed E-state index contributed by atoms with van der Waals surface area (Å²) in [5.74, 6) is 1.52. The largest absolute Gasteiger partial charge is 0.437 e. The van der Waals surface area contributed by atoms with E-state index in [-0.39, 0.29) is 0 Å². The summed E-state index contributed by atoms with van der Waals surface area (Å²) >= 11 is 0. The van der Waals surface area contributed by atoms with Crippen molar-refractivity contribution in [2.45, 2.75) is 6.54 Å². The smallest absolute Gasteiger partial charge is 0.224 e. The lowest BCUT2D eigenvalue weighted by Crippen LogP contribution is -1.96. The molecule has 1 aliphatic heterocycles. The molecule has 1 aliphatic rings. The van der Waals surface area contributed by atoms with Gasteiger partial charge < -0.3 is 10.1 Å². The summed E-state index contributed by atoms with van der Waals surface area (Å²) in [6.07, 6.45) is 1.74. The Labute approximate surface area is 87.7 Å². The first-order valence-electron chi connectivity index (χ1n) is 4.88. The molecule has 0 fully saturated rings. The van der Waals surface area contributed by atoms with Gasteiger partial charge in [-0.1, -0.05) is 18.2 Å². The Kier molecular flexibility index (Phi) is 1.81. The van der Waals surface area contributed by atoms with Gasteiger partial charge in [0.1, 0.15) is 0 Å². The van der Waals surface area contributed by atoms with Gasteiger partial charge >= 0.3 is 0 Å². The second-order valence-electron chi connectivity index (χ2n) is 3.42. The second-order valence-corrected chi connectivity index (χ2v) is 3.42. The van der Waals surface area contributed by atoms with Crippen LogP contribution in [0.5, 0.6) is 11.6 Å². The number of anilines is 1. The summed E-state index contributed by atoms with van der Waals surface area (Å²) in [6.45, 7) is 0.750. The molecule has 2 aromatic rings. The van der Waals surface area contributed by atoms with Crippen LogP contribution >= 0.6 is 0 Å². The van der Waals surface area contributed by atoms with E-state index in [1.807, 2.05) is 36.4 Å². The first-order chi connectivity index (χ1) is 7.43. The molecule has 74 valence electrons. The summed E-state index contributed by atoms with van der Waals surface area (Å²) in [7, 11) is 0. The van der Waals surface area contributed by atoms with Gasteiger partial charge in [0, 0.05) is 18.3 Å². The fraction of sp³-hybridized carbons (Fsp3) is 0.0833. The van der Waals surface area contributed by atoms with Crippen molar-refractivity contribution in [2.75, 3.05) is 5.32 Å². The Morgan fingerprint density at radius 1 is 1.13 bits per heavy atom. The van der Waals surface area contributed by atoms with E-state index < -0.39 is 0 Å². The van der Waals surface area contributed by atoms with E-state index in [1.54, 1.807) is 6.20 Å². The van der Waals surface area contributed by atoms with Crippen LogP contribution in [0.15, 0.2) is 42.6 Å². The minimum atomic E-state index is 0.690. The second kappa shape index (κ2) is 3.28. The van der Waals surface area contributed by atoms with E-state index in [1.165, 1.54) is 0 Å². The average Bonchev–Trinajstić information content (AvgIpc) is 2.48. The van der Waals surface area contributed by atoms with E-state index in [4.69, 9.17) is 4.74 Å². The van der Waals surface area contributed by atoms with Gasteiger partial charge in [-0.15, -0.1) is 0 Å². The van der Waals surface area contributed by atoms with Gasteiger partial charge in [0.15, 0.2) is 5.75 Å². The van der Waals surface area contributed by atoms with E-state index in [9.17, 15) is 0 Å². The highest BCUT2D eigenvalue weighted by Crippen LogP contribution is 2.33. The van der Waals surface area contributed by atoms with Gasteiger partial charge in [-0.2, -0.15) is 0 Å². The molecule has 1 aromatic heterocycles. The molecule has 0 atom stereocenters. The molecule has 2 heterocycles. The van der Waals surface area contributed by atoms with Crippen LogP contribution in [0.2, 0.25) is 0 Å². The summed E-state index contributed by atoms with van der Waals surface area (Å²) in [4.78, 5) is 4.22. The summed E-state index contributed by atoms with van der Waals surface area (Å²) in [6, 6.07) is 11.8. The topological polar surface area (TPSA) is 34.2 Å². The molecular formula is C12H10N2O. The average molecular weight is 198 g/mol. The van der Waals surface area contributed by atoms with Crippen molar-refractivity contribution < 1.29 is 4.74 Å². The minimum Gasteiger partial charge on any atom is -0.437 e. The molecule has 0 saturated carbocycles. The molecule has 1 N–H and O–H groups in total. The zero-order valence-electron chi connectivity index (χ0n) is 8.10. The number of nitrogens with one attached hydrogen (secondary N) is 1. The highest BCUT2D eigenvalue weighted by molar-refractivity contribution is 5.59. The number of benzene rings is 1. The molecule has 0 amide bonds. The Morgan fingerprint density at radius 2 is 2.07 bits per heavy atom. The van der Waals surface area contributed by atoms with Crippen molar-refractivity contribution >= 4 is 5.69 Å². The van der Waals surface area contributed by atoms with Crippen LogP contribution in [0.3, 0.4) is 0 Å². The van der Waals surface area contributed by atoms with E-state index in [0.717, 1.165) is 23.5 Å². The lowest BCUT2D eigenvalue weighted by atomic mass is 10.2. The minimum absolute atomic E-state index is 0.690. The predicted molar refractivity (Wildman–Crippen MR) is 58.1 cm³/mol. The van der Waals surface area contributed by atoms with Crippen LogP contribution in [-0.2, 0) is 6.54 Å². The van der Waals surface area contributed by atoms with Gasteiger partial charge in [0.2, 0.25) is 5.88 Å². The van der Waals surface area contributed by atoms with Gasteiger partial charge in [-0.25, -0.2) is 4.98 Å². The number of para-hydroxylation sites is 2. The summed E-state index contributed by atoms with van der Waals surface area (Å²) in [5, 5.41) is 3.32. The predicted octanol–water partition coefficient (Wildman–Crippen LogP) is 2.80. The lowest BCUT2D eigenvalue weighted by Gasteiger charge is -2.05. The van der Waals surface area contributed by atoms with Crippen molar-refractivity contribution in [1.29, 1.82) is 0 Å². The van der Waals surface area contributed by atoms with Crippen LogP contribution in [-0.4, -0.2) is 4.98 Å². The van der Waals surface area contributed by atoms with E-state index in [2.05, 4.69) is 10.3 Å². The molecule has 0 unspecified atom stereocenters. The Morgan fingerprint density at radius 3 is 3.07 bits per heavy atom. The number of pyridine rings is 1. The van der Waals surface area contributed by atoms with Crippen molar-refractivity contribution in [1.82, 2.24) is 4.98 Å². The molecule has 0 aliphatic carbocycles. The molecule has 0 spiro atoms. The third-order valence-corrected chi connectivity index (χ3v) is 2.41. The molecule has 3 nitrogen and oxygen atoms in total. The number of fused-ring (bicyclic) bond motifs is 2. The fourth-order valence-electron chi connectivity index (χ4n) is 1.65. The van der Waals surface area contributed by atoms with Crippen molar-refractivity contribution in [3.63, 3.8) is 0 Å². The Hall–Kier alpha value is -2.03. The van der Waals surface area contributed by atoms with Crippen LogP contribution in [0, 0.1) is 0 Å². The van der Waals surface area contributed by atoms with Gasteiger partial charge in [0.05, 0.1) is 5.69 Å². The van der Waals surface area contributed by atoms with Crippen molar-refractivity contribution in [2.24, 2.45) is 0 Å². The SMILES string of the molecule is c1cnc2c(c1)CNc1ccccc1O2. The van der Waals surface area contributed by atoms with Crippen LogP contribution < -0.4 is 10.1 Å². The maximum atomic E-state index is 5.73. The maximum absolute atomic E-state index is 5.73. The van der Waals surface area contributed by atoms with E-state index in [0.29, 0.717) is 5.88 Å². The highest BCUT2D eigenvalue weighted by atomic mass is 16.5. The summed E-state index contributed by atoms with van der Waals surface area (Å²) < 4.78 is 5.73. The monoisotopic (exact) mass is 198 g/mol. The molecule has 1 aromatic carbocycles. The number of hydrogen-bond acceptors (Lipinski definition) is 3. The number of nitrogens with zero attached hydrogens (tertiary/aromatic N) is 1. The first-order valence-corrected chi connectivity index (χ1v) is 4.88. The zero-order valence-corrected chi connectivity index (χ0v) is 8.10. The Balaban J connectivity index is 2.10. The normalized spacial score (nSPS) is 12.8. The number of aromatic nitrogens is 1. The molecule has 3 rings (SSSR count). The lowest BCUT2D eigenvalue weighted by molar-refractivity contribution is 0.463. The molecule has 0 saturated heterocycles. The molecular weight excluding hydrogens is 188 g/mol. The maximum Gasteiger partial charge on any atom is 0.224 e. The van der Waals surface area contributed by atoms with Crippen molar-refractivity contribution in [3.05, 3.63) is 48.2 Å². The standard InChI is InChI=1S/C12H10N2O/c1-2-6-11-10(5-1)14-8-9-4-3-7-13-12(9)15-11/h1-7,14H,8H2. The van der Waals surface area contributed by atoms with Crippen LogP contribution in [0.4, 0.5) is 5.69 Å². The van der Waals surface area contributed by atoms with Crippen molar-refractivity contribution in [3.8, 4) is 11.6 Å². The van der Waals surface area contributed by atoms with Crippen LogP contribution in [0.1, 0.15) is 5.56 Å². The van der Waals surface area contributed by atoms with Gasteiger partial charge in [0.25, 0.3) is 0 Å². The first kappa shape index (κ1) is 8.29. The highest BCUT2D eigenvalue weighted by Gasteiger charge is 2.13. The van der Waals surface area contributed by atoms with Gasteiger partial charge in [-0.05, 0) is 18.2 Å². The zero-order chi connectivity index (χ0) is 10.1. The molecule has 3 heteroatoms. The molecule has 0 bridgehead atoms. The third-order valence-electron chi connectivity index (χ3n) is 2.41. The molecule has 0 radical (unpaired) electrons. The summed E-state index contributed by atoms with van der Waals surface area (Å²) in [5.41, 5.74) is 2.09. The van der Waals surface area contributed by atoms with Gasteiger partial charge in [-0.3, -0.25) is 0 Å². The number of rotatable bonds is 0.